The van der Waals surface area contributed by atoms with Crippen molar-refractivity contribution in [2.75, 3.05) is 6.54 Å². The standard InChI is InChI=1S/C8H15N2O2/c9-8(12)5-10-6-1-3-7(11)4-2-6/h6-7,9-11H,1-5H2. The molecule has 0 aromatic heterocycles. The van der Waals surface area contributed by atoms with Gasteiger partial charge < -0.3 is 10.4 Å². The number of nitrogens with one attached hydrogen (secondary N) is 2. The van der Waals surface area contributed by atoms with Gasteiger partial charge in [0.25, 0.3) is 5.91 Å². The molecule has 0 aliphatic heterocycles. The van der Waals surface area contributed by atoms with E-state index in [9.17, 15) is 9.90 Å². The predicted octanol–water partition coefficient (Wildman–Crippen LogP) is -0.311. The highest BCUT2D eigenvalue weighted by molar-refractivity contribution is 5.75. The average molecular weight is 171 g/mol. The van der Waals surface area contributed by atoms with Gasteiger partial charge in [-0.3, -0.25) is 10.5 Å². The molecule has 1 rings (SSSR count). The Bertz CT molecular complexity index is 153. The molecule has 0 aromatic carbocycles. The van der Waals surface area contributed by atoms with E-state index in [0.29, 0.717) is 6.04 Å². The summed E-state index contributed by atoms with van der Waals surface area (Å²) < 4.78 is 0. The first kappa shape index (κ1) is 9.48. The first-order valence-corrected chi connectivity index (χ1v) is 4.34. The Hall–Kier alpha value is -0.610. The van der Waals surface area contributed by atoms with Gasteiger partial charge in [-0.05, 0) is 25.7 Å². The van der Waals surface area contributed by atoms with E-state index in [1.165, 1.54) is 0 Å². The summed E-state index contributed by atoms with van der Waals surface area (Å²) in [7, 11) is 0. The smallest absolute Gasteiger partial charge is 0.252 e. The molecule has 0 bridgehead atoms. The number of amides is 1. The Balaban J connectivity index is 2.13. The van der Waals surface area contributed by atoms with Crippen molar-refractivity contribution in [3.05, 3.63) is 0 Å². The molecule has 12 heavy (non-hydrogen) atoms. The monoisotopic (exact) mass is 171 g/mol. The second kappa shape index (κ2) is 4.42. The quantitative estimate of drug-likeness (QED) is 0.611. The van der Waals surface area contributed by atoms with E-state index < -0.39 is 5.91 Å². The molecule has 0 unspecified atom stereocenters. The number of hydrogen-bond donors (Lipinski definition) is 2. The third-order valence-corrected chi connectivity index (χ3v) is 2.25. The van der Waals surface area contributed by atoms with Crippen LogP contribution in [0.15, 0.2) is 0 Å². The predicted molar refractivity (Wildman–Crippen MR) is 44.4 cm³/mol. The molecular formula is C8H15N2O2. The highest BCUT2D eigenvalue weighted by Gasteiger charge is 2.18. The normalized spacial score (nSPS) is 30.1. The maximum Gasteiger partial charge on any atom is 0.252 e. The lowest BCUT2D eigenvalue weighted by Crippen LogP contribution is -2.37. The summed E-state index contributed by atoms with van der Waals surface area (Å²) in [6.45, 7) is 0.140. The maximum atomic E-state index is 10.3. The van der Waals surface area contributed by atoms with E-state index in [2.05, 4.69) is 5.32 Å². The van der Waals surface area contributed by atoms with Crippen LogP contribution in [0.4, 0.5) is 0 Å². The zero-order chi connectivity index (χ0) is 8.97. The average Bonchev–Trinajstić information content (AvgIpc) is 2.03. The van der Waals surface area contributed by atoms with Crippen LogP contribution in [0.3, 0.4) is 0 Å². The van der Waals surface area contributed by atoms with Crippen LogP contribution < -0.4 is 11.1 Å². The molecule has 4 nitrogen and oxygen atoms in total. The van der Waals surface area contributed by atoms with E-state index in [0.717, 1.165) is 25.7 Å². The fraction of sp³-hybridized carbons (Fsp3) is 0.875. The van der Waals surface area contributed by atoms with Crippen LogP contribution in [0.1, 0.15) is 25.7 Å². The van der Waals surface area contributed by atoms with E-state index in [4.69, 9.17) is 5.73 Å². The molecule has 0 spiro atoms. The highest BCUT2D eigenvalue weighted by atomic mass is 16.3. The SMILES string of the molecule is [NH]C(=O)CNC1CCC(O)CC1. The first-order chi connectivity index (χ1) is 5.68. The molecule has 1 saturated carbocycles. The summed E-state index contributed by atoms with van der Waals surface area (Å²) in [5.41, 5.74) is 6.69. The van der Waals surface area contributed by atoms with E-state index >= 15 is 0 Å². The van der Waals surface area contributed by atoms with Crippen molar-refractivity contribution in [3.63, 3.8) is 0 Å². The van der Waals surface area contributed by atoms with Crippen molar-refractivity contribution >= 4 is 5.91 Å². The summed E-state index contributed by atoms with van der Waals surface area (Å²) >= 11 is 0. The number of carbonyl (C=O) groups is 1. The number of aliphatic hydroxyl groups excluding tert-OH is 1. The molecule has 1 radical (unpaired) electrons. The van der Waals surface area contributed by atoms with Crippen LogP contribution in [0.2, 0.25) is 0 Å². The Morgan fingerprint density at radius 1 is 1.42 bits per heavy atom. The minimum Gasteiger partial charge on any atom is -0.393 e. The molecule has 0 heterocycles. The van der Waals surface area contributed by atoms with Gasteiger partial charge in [0.1, 0.15) is 0 Å². The van der Waals surface area contributed by atoms with Gasteiger partial charge >= 0.3 is 0 Å². The van der Waals surface area contributed by atoms with Crippen molar-refractivity contribution in [1.29, 1.82) is 0 Å². The molecule has 0 aromatic rings. The van der Waals surface area contributed by atoms with Crippen molar-refractivity contribution in [2.24, 2.45) is 0 Å². The van der Waals surface area contributed by atoms with Crippen LogP contribution in [-0.2, 0) is 4.79 Å². The second-order valence-electron chi connectivity index (χ2n) is 3.31. The second-order valence-corrected chi connectivity index (χ2v) is 3.31. The number of carbonyl (C=O) groups excluding carboxylic acids is 1. The van der Waals surface area contributed by atoms with Gasteiger partial charge in [0, 0.05) is 6.04 Å². The molecule has 3 N–H and O–H groups in total. The van der Waals surface area contributed by atoms with E-state index in [1.807, 2.05) is 0 Å². The van der Waals surface area contributed by atoms with Gasteiger partial charge in [-0.2, -0.15) is 0 Å². The number of rotatable bonds is 3. The summed E-state index contributed by atoms with van der Waals surface area (Å²) in [4.78, 5) is 10.3. The van der Waals surface area contributed by atoms with Gasteiger partial charge in [0.05, 0.1) is 12.6 Å². The zero-order valence-corrected chi connectivity index (χ0v) is 7.05. The zero-order valence-electron chi connectivity index (χ0n) is 7.05. The van der Waals surface area contributed by atoms with Gasteiger partial charge in [-0.25, -0.2) is 0 Å². The van der Waals surface area contributed by atoms with Crippen LogP contribution >= 0.6 is 0 Å². The van der Waals surface area contributed by atoms with Crippen molar-refractivity contribution in [1.82, 2.24) is 11.1 Å². The fourth-order valence-electron chi connectivity index (χ4n) is 1.52. The molecule has 1 aliphatic carbocycles. The first-order valence-electron chi connectivity index (χ1n) is 4.34. The van der Waals surface area contributed by atoms with Gasteiger partial charge in [-0.15, -0.1) is 0 Å². The lowest BCUT2D eigenvalue weighted by atomic mass is 9.93. The van der Waals surface area contributed by atoms with Crippen molar-refractivity contribution in [2.45, 2.75) is 37.8 Å². The molecular weight excluding hydrogens is 156 g/mol. The Kier molecular flexibility index (Phi) is 3.49. The molecule has 1 amide bonds. The minimum atomic E-state index is -0.568. The van der Waals surface area contributed by atoms with E-state index in [-0.39, 0.29) is 12.6 Å². The van der Waals surface area contributed by atoms with Crippen LogP contribution in [0, 0.1) is 0 Å². The summed E-state index contributed by atoms with van der Waals surface area (Å²) in [6.07, 6.45) is 3.28. The molecule has 69 valence electrons. The lowest BCUT2D eigenvalue weighted by Gasteiger charge is -2.25. The third-order valence-electron chi connectivity index (χ3n) is 2.25. The topological polar surface area (TPSA) is 73.1 Å². The van der Waals surface area contributed by atoms with E-state index in [1.54, 1.807) is 0 Å². The van der Waals surface area contributed by atoms with Crippen molar-refractivity contribution in [3.8, 4) is 0 Å². The molecule has 0 atom stereocenters. The largest absolute Gasteiger partial charge is 0.393 e. The number of hydrogen-bond acceptors (Lipinski definition) is 3. The van der Waals surface area contributed by atoms with Crippen LogP contribution in [0.25, 0.3) is 0 Å². The maximum absolute atomic E-state index is 10.3. The summed E-state index contributed by atoms with van der Waals surface area (Å²) in [6, 6.07) is 0.322. The molecule has 0 saturated heterocycles. The Morgan fingerprint density at radius 3 is 2.50 bits per heavy atom. The van der Waals surface area contributed by atoms with Crippen LogP contribution in [-0.4, -0.2) is 29.7 Å². The van der Waals surface area contributed by atoms with Gasteiger partial charge in [0.15, 0.2) is 0 Å². The minimum absolute atomic E-state index is 0.140. The summed E-state index contributed by atoms with van der Waals surface area (Å²) in [5.74, 6) is -0.568. The third kappa shape index (κ3) is 3.19. The van der Waals surface area contributed by atoms with Crippen LogP contribution in [0.5, 0.6) is 0 Å². The van der Waals surface area contributed by atoms with Crippen molar-refractivity contribution < 1.29 is 9.90 Å². The lowest BCUT2D eigenvalue weighted by molar-refractivity contribution is -0.118. The molecule has 1 fully saturated rings. The molecule has 1 aliphatic rings. The Labute approximate surface area is 72.1 Å². The Morgan fingerprint density at radius 2 is 2.00 bits per heavy atom. The van der Waals surface area contributed by atoms with Gasteiger partial charge in [-0.1, -0.05) is 0 Å². The van der Waals surface area contributed by atoms with Gasteiger partial charge in [0.2, 0.25) is 0 Å². The number of aliphatic hydroxyl groups is 1. The summed E-state index contributed by atoms with van der Waals surface area (Å²) in [5, 5.41) is 12.2. The molecule has 4 heteroatoms. The highest BCUT2D eigenvalue weighted by Crippen LogP contribution is 2.17. The fourth-order valence-corrected chi connectivity index (χ4v) is 1.52.